The van der Waals surface area contributed by atoms with E-state index in [4.69, 9.17) is 4.74 Å². The van der Waals surface area contributed by atoms with Crippen molar-refractivity contribution >= 4 is 10.0 Å². The summed E-state index contributed by atoms with van der Waals surface area (Å²) in [6, 6.07) is 10.1. The van der Waals surface area contributed by atoms with Crippen molar-refractivity contribution in [3.8, 4) is 0 Å². The summed E-state index contributed by atoms with van der Waals surface area (Å²) in [5, 5.41) is 0. The van der Waals surface area contributed by atoms with Crippen molar-refractivity contribution in [2.24, 2.45) is 0 Å². The first-order valence-corrected chi connectivity index (χ1v) is 9.75. The van der Waals surface area contributed by atoms with Gasteiger partial charge in [0.15, 0.2) is 11.6 Å². The largest absolute Gasteiger partial charge is 0.379 e. The molecule has 1 heterocycles. The number of hydrogen-bond donors (Lipinski definition) is 1. The molecule has 0 atom stereocenters. The number of sulfonamides is 1. The summed E-state index contributed by atoms with van der Waals surface area (Å²) in [7, 11) is -3.91. The van der Waals surface area contributed by atoms with Gasteiger partial charge in [-0.2, -0.15) is 0 Å². The van der Waals surface area contributed by atoms with E-state index in [1.807, 2.05) is 24.3 Å². The Kier molecular flexibility index (Phi) is 5.98. The maximum Gasteiger partial charge on any atom is 0.240 e. The van der Waals surface area contributed by atoms with Crippen molar-refractivity contribution in [3.05, 3.63) is 65.2 Å². The first-order chi connectivity index (χ1) is 12.4. The van der Waals surface area contributed by atoms with E-state index < -0.39 is 21.7 Å². The second-order valence-corrected chi connectivity index (χ2v) is 7.87. The van der Waals surface area contributed by atoms with Crippen LogP contribution >= 0.6 is 0 Å². The van der Waals surface area contributed by atoms with Gasteiger partial charge < -0.3 is 4.74 Å². The Bertz CT molecular complexity index is 851. The number of nitrogens with zero attached hydrogens (tertiary/aromatic N) is 1. The van der Waals surface area contributed by atoms with Gasteiger partial charge in [-0.25, -0.2) is 21.9 Å². The minimum atomic E-state index is -3.91. The predicted molar refractivity (Wildman–Crippen MR) is 92.9 cm³/mol. The molecule has 1 aliphatic rings. The van der Waals surface area contributed by atoms with Crippen molar-refractivity contribution in [1.82, 2.24) is 9.62 Å². The number of benzene rings is 2. The second-order valence-electron chi connectivity index (χ2n) is 6.11. The number of hydrogen-bond acceptors (Lipinski definition) is 4. The summed E-state index contributed by atoms with van der Waals surface area (Å²) >= 11 is 0. The Morgan fingerprint density at radius 3 is 2.27 bits per heavy atom. The van der Waals surface area contributed by atoms with Gasteiger partial charge in [0, 0.05) is 26.2 Å². The molecule has 0 saturated carbocycles. The van der Waals surface area contributed by atoms with Gasteiger partial charge in [-0.3, -0.25) is 4.90 Å². The van der Waals surface area contributed by atoms with Crippen LogP contribution in [-0.4, -0.2) is 39.6 Å². The van der Waals surface area contributed by atoms with E-state index in [1.165, 1.54) is 0 Å². The fourth-order valence-corrected chi connectivity index (χ4v) is 3.71. The Morgan fingerprint density at radius 2 is 1.62 bits per heavy atom. The SMILES string of the molecule is O=S(=O)(NCc1ccc(CN2CCOCC2)cc1)c1ccc(F)c(F)c1. The van der Waals surface area contributed by atoms with E-state index in [0.29, 0.717) is 6.07 Å². The van der Waals surface area contributed by atoms with Gasteiger partial charge in [0.2, 0.25) is 10.0 Å². The van der Waals surface area contributed by atoms with E-state index in [1.54, 1.807) is 0 Å². The van der Waals surface area contributed by atoms with E-state index in [9.17, 15) is 17.2 Å². The lowest BCUT2D eigenvalue weighted by atomic mass is 10.1. The van der Waals surface area contributed by atoms with Gasteiger partial charge in [-0.05, 0) is 29.3 Å². The molecule has 0 aliphatic carbocycles. The molecular formula is C18H20F2N2O3S. The molecule has 0 amide bonds. The lowest BCUT2D eigenvalue weighted by Gasteiger charge is -2.26. The number of nitrogens with one attached hydrogen (secondary N) is 1. The van der Waals surface area contributed by atoms with E-state index in [0.717, 1.165) is 56.1 Å². The van der Waals surface area contributed by atoms with E-state index in [2.05, 4.69) is 9.62 Å². The Morgan fingerprint density at radius 1 is 0.962 bits per heavy atom. The van der Waals surface area contributed by atoms with Crippen LogP contribution in [-0.2, 0) is 27.8 Å². The lowest BCUT2D eigenvalue weighted by Crippen LogP contribution is -2.35. The van der Waals surface area contributed by atoms with Gasteiger partial charge in [-0.1, -0.05) is 24.3 Å². The molecule has 8 heteroatoms. The summed E-state index contributed by atoms with van der Waals surface area (Å²) < 4.78 is 58.2. The zero-order valence-corrected chi connectivity index (χ0v) is 14.9. The van der Waals surface area contributed by atoms with Crippen molar-refractivity contribution in [2.45, 2.75) is 18.0 Å². The van der Waals surface area contributed by atoms with Crippen LogP contribution in [0.15, 0.2) is 47.4 Å². The number of ether oxygens (including phenoxy) is 1. The molecule has 0 radical (unpaired) electrons. The van der Waals surface area contributed by atoms with E-state index in [-0.39, 0.29) is 11.4 Å². The molecule has 0 unspecified atom stereocenters. The minimum absolute atomic E-state index is 0.0686. The standard InChI is InChI=1S/C18H20F2N2O3S/c19-17-6-5-16(11-18(17)20)26(23,24)21-12-14-1-3-15(4-2-14)13-22-7-9-25-10-8-22/h1-6,11,21H,7-10,12-13H2. The van der Waals surface area contributed by atoms with Gasteiger partial charge in [-0.15, -0.1) is 0 Å². The average Bonchev–Trinajstić information content (AvgIpc) is 2.64. The van der Waals surface area contributed by atoms with Crippen LogP contribution in [0, 0.1) is 11.6 Å². The summed E-state index contributed by atoms with van der Waals surface area (Å²) in [4.78, 5) is 1.99. The van der Waals surface area contributed by atoms with Crippen LogP contribution < -0.4 is 4.72 Å². The lowest BCUT2D eigenvalue weighted by molar-refractivity contribution is 0.0342. The van der Waals surface area contributed by atoms with E-state index >= 15 is 0 Å². The smallest absolute Gasteiger partial charge is 0.240 e. The summed E-state index contributed by atoms with van der Waals surface area (Å²) in [6.07, 6.45) is 0. The molecule has 2 aromatic rings. The second kappa shape index (κ2) is 8.22. The number of rotatable bonds is 6. The molecule has 1 N–H and O–H groups in total. The summed E-state index contributed by atoms with van der Waals surface area (Å²) in [5.74, 6) is -2.28. The Hall–Kier alpha value is -1.87. The third-order valence-corrected chi connectivity index (χ3v) is 5.60. The topological polar surface area (TPSA) is 58.6 Å². The Balaban J connectivity index is 1.59. The first-order valence-electron chi connectivity index (χ1n) is 8.27. The van der Waals surface area contributed by atoms with Crippen molar-refractivity contribution in [2.75, 3.05) is 26.3 Å². The fourth-order valence-electron chi connectivity index (χ4n) is 2.69. The molecule has 140 valence electrons. The maximum absolute atomic E-state index is 13.2. The fraction of sp³-hybridized carbons (Fsp3) is 0.333. The van der Waals surface area contributed by atoms with Crippen LogP contribution in [0.2, 0.25) is 0 Å². The van der Waals surface area contributed by atoms with Gasteiger partial charge in [0.25, 0.3) is 0 Å². The highest BCUT2D eigenvalue weighted by atomic mass is 32.2. The normalized spacial score (nSPS) is 15.9. The zero-order valence-electron chi connectivity index (χ0n) is 14.1. The minimum Gasteiger partial charge on any atom is -0.379 e. The van der Waals surface area contributed by atoms with Crippen LogP contribution in [0.1, 0.15) is 11.1 Å². The summed E-state index contributed by atoms with van der Waals surface area (Å²) in [5.41, 5.74) is 1.92. The van der Waals surface area contributed by atoms with Crippen LogP contribution in [0.25, 0.3) is 0 Å². The average molecular weight is 382 g/mol. The number of morpholine rings is 1. The molecule has 1 aliphatic heterocycles. The molecule has 0 bridgehead atoms. The molecule has 2 aromatic carbocycles. The molecule has 0 aromatic heterocycles. The molecule has 26 heavy (non-hydrogen) atoms. The quantitative estimate of drug-likeness (QED) is 0.833. The van der Waals surface area contributed by atoms with Crippen molar-refractivity contribution < 1.29 is 21.9 Å². The monoisotopic (exact) mass is 382 g/mol. The highest BCUT2D eigenvalue weighted by Gasteiger charge is 2.16. The molecule has 1 saturated heterocycles. The molecular weight excluding hydrogens is 362 g/mol. The molecule has 0 spiro atoms. The third-order valence-electron chi connectivity index (χ3n) is 4.20. The van der Waals surface area contributed by atoms with Crippen molar-refractivity contribution in [1.29, 1.82) is 0 Å². The zero-order chi connectivity index (χ0) is 18.6. The predicted octanol–water partition coefficient (Wildman–Crippen LogP) is 2.28. The highest BCUT2D eigenvalue weighted by molar-refractivity contribution is 7.89. The van der Waals surface area contributed by atoms with Crippen LogP contribution in [0.5, 0.6) is 0 Å². The first kappa shape index (κ1) is 18.9. The summed E-state index contributed by atoms with van der Waals surface area (Å²) in [6.45, 7) is 4.17. The van der Waals surface area contributed by atoms with Gasteiger partial charge >= 0.3 is 0 Å². The third kappa shape index (κ3) is 4.85. The van der Waals surface area contributed by atoms with Crippen LogP contribution in [0.3, 0.4) is 0 Å². The molecule has 5 nitrogen and oxygen atoms in total. The maximum atomic E-state index is 13.2. The number of halogens is 2. The molecule has 1 fully saturated rings. The molecule has 3 rings (SSSR count). The van der Waals surface area contributed by atoms with Crippen molar-refractivity contribution in [3.63, 3.8) is 0 Å². The van der Waals surface area contributed by atoms with Crippen LogP contribution in [0.4, 0.5) is 8.78 Å². The van der Waals surface area contributed by atoms with Gasteiger partial charge in [0.05, 0.1) is 18.1 Å². The highest BCUT2D eigenvalue weighted by Crippen LogP contribution is 2.15. The van der Waals surface area contributed by atoms with Gasteiger partial charge in [0.1, 0.15) is 0 Å². The Labute approximate surface area is 151 Å².